The van der Waals surface area contributed by atoms with E-state index in [1.54, 1.807) is 59.8 Å². The Labute approximate surface area is 274 Å². The van der Waals surface area contributed by atoms with Crippen LogP contribution < -0.4 is 0 Å². The van der Waals surface area contributed by atoms with E-state index in [9.17, 15) is 28.8 Å². The van der Waals surface area contributed by atoms with Crippen LogP contribution >= 0.6 is 0 Å². The van der Waals surface area contributed by atoms with Gasteiger partial charge in [-0.25, -0.2) is 19.4 Å². The summed E-state index contributed by atoms with van der Waals surface area (Å²) in [6, 6.07) is -1.51. The predicted molar refractivity (Wildman–Crippen MR) is 175 cm³/mol. The third kappa shape index (κ3) is 11.6. The van der Waals surface area contributed by atoms with Crippen molar-refractivity contribution in [3.63, 3.8) is 0 Å². The van der Waals surface area contributed by atoms with Gasteiger partial charge in [0, 0.05) is 19.1 Å². The smallest absolute Gasteiger partial charge is 0.417 e. The van der Waals surface area contributed by atoms with Gasteiger partial charge >= 0.3 is 12.2 Å². The standard InChI is InChI=1S/C17H25NO4.C14H21NO4.C4H8O/c1-7-9-17(10-8-2)11-13(12(3)19)18(14(17)20)15(21)22-16(4,5)6;1-6-7-10-8-11(9(2)16)15(12(10)17)13(18)19-14(3,4)5;1-2-4-5-3-1/h7-8,13H,1-2,9-11H2,3-6H3;6,10-11H,1,7-8H2,2-5H3;1-4H2/t13-;10?,11-;/m00./s1. The van der Waals surface area contributed by atoms with Crippen LogP contribution in [0.1, 0.15) is 100 Å². The number of carbonyl (C=O) groups is 6. The first kappa shape index (κ1) is 40.4. The fraction of sp³-hybridized carbons (Fsp3) is 0.657. The van der Waals surface area contributed by atoms with Gasteiger partial charge in [0.15, 0.2) is 11.6 Å². The van der Waals surface area contributed by atoms with Crippen molar-refractivity contribution >= 4 is 35.6 Å². The molecule has 0 aromatic rings. The van der Waals surface area contributed by atoms with E-state index >= 15 is 0 Å². The molecule has 0 radical (unpaired) electrons. The van der Waals surface area contributed by atoms with Crippen molar-refractivity contribution < 1.29 is 43.0 Å². The molecule has 0 aromatic heterocycles. The quantitative estimate of drug-likeness (QED) is 0.276. The Balaban J connectivity index is 0.000000401. The van der Waals surface area contributed by atoms with E-state index in [0.717, 1.165) is 23.0 Å². The Morgan fingerprint density at radius 3 is 1.61 bits per heavy atom. The molecule has 258 valence electrons. The zero-order valence-corrected chi connectivity index (χ0v) is 29.0. The van der Waals surface area contributed by atoms with Crippen molar-refractivity contribution in [1.82, 2.24) is 9.80 Å². The van der Waals surface area contributed by atoms with Crippen molar-refractivity contribution in [2.45, 2.75) is 124 Å². The first-order valence-corrected chi connectivity index (χ1v) is 15.8. The molecule has 11 heteroatoms. The minimum atomic E-state index is -0.837. The van der Waals surface area contributed by atoms with Crippen molar-refractivity contribution in [2.24, 2.45) is 11.3 Å². The molecule has 4 amide bonds. The van der Waals surface area contributed by atoms with Crippen LogP contribution in [-0.4, -0.2) is 81.9 Å². The minimum Gasteiger partial charge on any atom is -0.443 e. The van der Waals surface area contributed by atoms with Gasteiger partial charge in [-0.2, -0.15) is 0 Å². The summed E-state index contributed by atoms with van der Waals surface area (Å²) < 4.78 is 15.4. The number of rotatable bonds is 8. The maximum atomic E-state index is 12.8. The van der Waals surface area contributed by atoms with Crippen LogP contribution in [-0.2, 0) is 33.4 Å². The van der Waals surface area contributed by atoms with Gasteiger partial charge in [0.25, 0.3) is 0 Å². The fourth-order valence-electron chi connectivity index (χ4n) is 5.38. The number of ketones is 2. The molecule has 0 bridgehead atoms. The number of allylic oxidation sites excluding steroid dienone is 3. The summed E-state index contributed by atoms with van der Waals surface area (Å²) in [5.74, 6) is -1.53. The van der Waals surface area contributed by atoms with E-state index in [-0.39, 0.29) is 35.7 Å². The topological polar surface area (TPSA) is 137 Å². The second kappa shape index (κ2) is 17.4. The average molecular weight is 647 g/mol. The number of hydrogen-bond acceptors (Lipinski definition) is 9. The Morgan fingerprint density at radius 1 is 0.804 bits per heavy atom. The van der Waals surface area contributed by atoms with Gasteiger partial charge in [0.1, 0.15) is 23.3 Å². The Hall–Kier alpha value is -3.60. The van der Waals surface area contributed by atoms with Crippen LogP contribution in [0.2, 0.25) is 0 Å². The lowest BCUT2D eigenvalue weighted by molar-refractivity contribution is -0.138. The maximum Gasteiger partial charge on any atom is 0.417 e. The van der Waals surface area contributed by atoms with Crippen LogP contribution in [0, 0.1) is 11.3 Å². The lowest BCUT2D eigenvalue weighted by Crippen LogP contribution is -2.46. The Bertz CT molecular complexity index is 1140. The van der Waals surface area contributed by atoms with Crippen LogP contribution in [0.25, 0.3) is 0 Å². The highest BCUT2D eigenvalue weighted by atomic mass is 16.6. The lowest BCUT2D eigenvalue weighted by atomic mass is 9.78. The van der Waals surface area contributed by atoms with Crippen LogP contribution in [0.3, 0.4) is 0 Å². The molecule has 0 saturated carbocycles. The van der Waals surface area contributed by atoms with Crippen molar-refractivity contribution in [1.29, 1.82) is 0 Å². The maximum absolute atomic E-state index is 12.8. The zero-order chi connectivity index (χ0) is 35.5. The number of carbonyl (C=O) groups excluding carboxylic acids is 6. The monoisotopic (exact) mass is 646 g/mol. The molecule has 46 heavy (non-hydrogen) atoms. The second-order valence-electron chi connectivity index (χ2n) is 13.8. The molecule has 3 aliphatic rings. The van der Waals surface area contributed by atoms with Crippen LogP contribution in [0.4, 0.5) is 9.59 Å². The zero-order valence-electron chi connectivity index (χ0n) is 29.0. The third-order valence-corrected chi connectivity index (χ3v) is 7.44. The van der Waals surface area contributed by atoms with Crippen molar-refractivity contribution in [3.05, 3.63) is 38.0 Å². The minimum absolute atomic E-state index is 0.203. The van der Waals surface area contributed by atoms with E-state index in [1.807, 2.05) is 0 Å². The molecule has 0 spiro atoms. The van der Waals surface area contributed by atoms with E-state index < -0.39 is 40.9 Å². The SMILES string of the molecule is C1CCOC1.C=CCC1(CC=C)C[C@@H](C(C)=O)N(C(=O)OC(C)(C)C)C1=O.C=CCC1C[C@@H](C(C)=O)N(C(=O)OC(C)(C)C)C1=O. The summed E-state index contributed by atoms with van der Waals surface area (Å²) in [5, 5.41) is 0. The Morgan fingerprint density at radius 2 is 1.26 bits per heavy atom. The molecule has 3 rings (SSSR count). The van der Waals surface area contributed by atoms with E-state index in [4.69, 9.17) is 14.2 Å². The predicted octanol–water partition coefficient (Wildman–Crippen LogP) is 6.35. The highest BCUT2D eigenvalue weighted by Gasteiger charge is 2.55. The van der Waals surface area contributed by atoms with Gasteiger partial charge in [-0.1, -0.05) is 18.2 Å². The molecule has 0 aliphatic carbocycles. The largest absolute Gasteiger partial charge is 0.443 e. The number of imide groups is 2. The van der Waals surface area contributed by atoms with Crippen LogP contribution in [0.15, 0.2) is 38.0 Å². The summed E-state index contributed by atoms with van der Waals surface area (Å²) in [4.78, 5) is 74.8. The number of Topliss-reactive ketones (excluding diaryl/α,β-unsaturated/α-hetero) is 2. The van der Waals surface area contributed by atoms with Gasteiger partial charge in [0.05, 0.1) is 5.41 Å². The number of hydrogen-bond donors (Lipinski definition) is 0. The first-order valence-electron chi connectivity index (χ1n) is 15.8. The normalized spacial score (nSPS) is 22.1. The summed E-state index contributed by atoms with van der Waals surface area (Å²) >= 11 is 0. The van der Waals surface area contributed by atoms with Gasteiger partial charge in [0.2, 0.25) is 11.8 Å². The van der Waals surface area contributed by atoms with Gasteiger partial charge < -0.3 is 14.2 Å². The summed E-state index contributed by atoms with van der Waals surface area (Å²) in [6.45, 7) is 26.0. The van der Waals surface area contributed by atoms with E-state index in [2.05, 4.69) is 19.7 Å². The molecule has 1 unspecified atom stereocenters. The molecule has 3 saturated heterocycles. The fourth-order valence-corrected chi connectivity index (χ4v) is 5.38. The van der Waals surface area contributed by atoms with Gasteiger partial charge in [-0.05, 0) is 100 Å². The highest BCUT2D eigenvalue weighted by Crippen LogP contribution is 2.43. The molecular weight excluding hydrogens is 592 g/mol. The lowest BCUT2D eigenvalue weighted by Gasteiger charge is -2.27. The van der Waals surface area contributed by atoms with Gasteiger partial charge in [-0.3, -0.25) is 19.2 Å². The van der Waals surface area contributed by atoms with Crippen molar-refractivity contribution in [2.75, 3.05) is 13.2 Å². The number of ether oxygens (including phenoxy) is 3. The molecule has 3 fully saturated rings. The summed E-state index contributed by atoms with van der Waals surface area (Å²) in [6.07, 6.45) is 7.80. The van der Waals surface area contributed by atoms with Crippen molar-refractivity contribution in [3.8, 4) is 0 Å². The highest BCUT2D eigenvalue weighted by molar-refractivity contribution is 6.04. The van der Waals surface area contributed by atoms with E-state index in [0.29, 0.717) is 25.7 Å². The molecular formula is C35H54N2O9. The number of likely N-dealkylation sites (tertiary alicyclic amines) is 2. The first-order chi connectivity index (χ1) is 21.2. The Kier molecular flexibility index (Phi) is 15.3. The summed E-state index contributed by atoms with van der Waals surface area (Å²) in [5.41, 5.74) is -2.27. The molecule has 3 atom stereocenters. The molecule has 0 aromatic carbocycles. The third-order valence-electron chi connectivity index (χ3n) is 7.44. The van der Waals surface area contributed by atoms with E-state index in [1.165, 1.54) is 26.7 Å². The molecule has 0 N–H and O–H groups in total. The molecule has 3 aliphatic heterocycles. The number of amides is 4. The second-order valence-corrected chi connectivity index (χ2v) is 13.8. The molecule has 3 heterocycles. The number of nitrogens with zero attached hydrogens (tertiary/aromatic N) is 2. The molecule has 11 nitrogen and oxygen atoms in total. The summed E-state index contributed by atoms with van der Waals surface area (Å²) in [7, 11) is 0. The van der Waals surface area contributed by atoms with Gasteiger partial charge in [-0.15, -0.1) is 19.7 Å². The average Bonchev–Trinajstić information content (AvgIpc) is 3.65. The van der Waals surface area contributed by atoms with Crippen LogP contribution in [0.5, 0.6) is 0 Å².